The second-order valence-corrected chi connectivity index (χ2v) is 7.22. The molecule has 8 nitrogen and oxygen atoms in total. The number of hydrogen-bond acceptors (Lipinski definition) is 4. The summed E-state index contributed by atoms with van der Waals surface area (Å²) in [5.41, 5.74) is 1.77. The third-order valence-corrected chi connectivity index (χ3v) is 3.72. The van der Waals surface area contributed by atoms with Crippen molar-refractivity contribution >= 4 is 12.1 Å². The molecule has 28 heavy (non-hydrogen) atoms. The number of aliphatic imine (C=N–C) groups is 1. The van der Waals surface area contributed by atoms with E-state index >= 15 is 0 Å². The first kappa shape index (κ1) is 21.3. The Morgan fingerprint density at radius 1 is 1.11 bits per heavy atom. The van der Waals surface area contributed by atoms with Gasteiger partial charge in [-0.25, -0.2) is 9.48 Å². The number of hydrogen-bond donors (Lipinski definition) is 3. The zero-order chi connectivity index (χ0) is 20.4. The molecule has 1 aromatic heterocycles. The molecule has 1 amide bonds. The minimum Gasteiger partial charge on any atom is -0.444 e. The van der Waals surface area contributed by atoms with Crippen molar-refractivity contribution in [3.63, 3.8) is 0 Å². The second kappa shape index (κ2) is 10.3. The molecule has 152 valence electrons. The Kier molecular flexibility index (Phi) is 7.86. The van der Waals surface area contributed by atoms with Crippen LogP contribution in [0.4, 0.5) is 4.79 Å². The molecule has 1 aromatic carbocycles. The van der Waals surface area contributed by atoms with Crippen LogP contribution in [0.2, 0.25) is 0 Å². The Hall–Kier alpha value is -3.03. The van der Waals surface area contributed by atoms with Crippen molar-refractivity contribution in [2.45, 2.75) is 32.8 Å². The number of nitrogens with zero attached hydrogens (tertiary/aromatic N) is 3. The van der Waals surface area contributed by atoms with Crippen molar-refractivity contribution in [3.8, 4) is 5.69 Å². The molecule has 0 radical (unpaired) electrons. The molecular formula is C20H30N6O2. The third-order valence-electron chi connectivity index (χ3n) is 3.72. The molecule has 0 atom stereocenters. The normalized spacial score (nSPS) is 11.8. The smallest absolute Gasteiger partial charge is 0.407 e. The third kappa shape index (κ3) is 7.69. The summed E-state index contributed by atoms with van der Waals surface area (Å²) in [6.07, 6.45) is 4.13. The molecule has 2 rings (SSSR count). The van der Waals surface area contributed by atoms with Crippen LogP contribution in [-0.2, 0) is 11.2 Å². The number of carbonyl (C=O) groups excluding carboxylic acids is 1. The number of alkyl carbamates (subject to hydrolysis) is 1. The van der Waals surface area contributed by atoms with Gasteiger partial charge in [-0.05, 0) is 51.0 Å². The first-order valence-electron chi connectivity index (χ1n) is 9.38. The number of rotatable bonds is 7. The average molecular weight is 386 g/mol. The molecule has 3 N–H and O–H groups in total. The van der Waals surface area contributed by atoms with Crippen LogP contribution >= 0.6 is 0 Å². The predicted octanol–water partition coefficient (Wildman–Crippen LogP) is 2.10. The van der Waals surface area contributed by atoms with Gasteiger partial charge in [0, 0.05) is 39.1 Å². The fraction of sp³-hybridized carbons (Fsp3) is 0.450. The Morgan fingerprint density at radius 3 is 2.39 bits per heavy atom. The molecule has 0 saturated heterocycles. The predicted molar refractivity (Wildman–Crippen MR) is 111 cm³/mol. The molecule has 1 heterocycles. The van der Waals surface area contributed by atoms with E-state index in [1.165, 1.54) is 5.56 Å². The molecular weight excluding hydrogens is 356 g/mol. The summed E-state index contributed by atoms with van der Waals surface area (Å²) < 4.78 is 7.02. The summed E-state index contributed by atoms with van der Waals surface area (Å²) in [6, 6.07) is 10.2. The molecule has 0 bridgehead atoms. The standard InChI is InChI=1S/C20H30N6O2/c1-20(2,3)28-19(27)24-14-13-23-18(21-4)22-12-10-16-6-8-17(9-7-16)26-15-5-11-25-26/h5-9,11,15H,10,12-14H2,1-4H3,(H,24,27)(H2,21,22,23). The highest BCUT2D eigenvalue weighted by atomic mass is 16.6. The van der Waals surface area contributed by atoms with Crippen molar-refractivity contribution in [1.29, 1.82) is 0 Å². The number of aromatic nitrogens is 2. The Morgan fingerprint density at radius 2 is 1.79 bits per heavy atom. The maximum absolute atomic E-state index is 11.6. The van der Waals surface area contributed by atoms with E-state index in [4.69, 9.17) is 4.74 Å². The van der Waals surface area contributed by atoms with Gasteiger partial charge in [-0.3, -0.25) is 4.99 Å². The summed E-state index contributed by atoms with van der Waals surface area (Å²) in [6.45, 7) is 7.26. The lowest BCUT2D eigenvalue weighted by Gasteiger charge is -2.19. The van der Waals surface area contributed by atoms with Crippen molar-refractivity contribution in [2.75, 3.05) is 26.7 Å². The lowest BCUT2D eigenvalue weighted by Crippen LogP contribution is -2.42. The molecule has 0 aliphatic carbocycles. The fourth-order valence-corrected chi connectivity index (χ4v) is 2.44. The van der Waals surface area contributed by atoms with Gasteiger partial charge in [0.2, 0.25) is 0 Å². The first-order chi connectivity index (χ1) is 13.4. The maximum atomic E-state index is 11.6. The van der Waals surface area contributed by atoms with E-state index in [0.717, 1.165) is 18.7 Å². The van der Waals surface area contributed by atoms with Crippen LogP contribution in [0.15, 0.2) is 47.7 Å². The molecule has 2 aromatic rings. The van der Waals surface area contributed by atoms with Gasteiger partial charge in [0.25, 0.3) is 0 Å². The highest BCUT2D eigenvalue weighted by molar-refractivity contribution is 5.79. The van der Waals surface area contributed by atoms with Gasteiger partial charge in [0.15, 0.2) is 5.96 Å². The van der Waals surface area contributed by atoms with Crippen LogP contribution in [0.25, 0.3) is 5.69 Å². The maximum Gasteiger partial charge on any atom is 0.407 e. The monoisotopic (exact) mass is 386 g/mol. The van der Waals surface area contributed by atoms with E-state index in [1.807, 2.05) is 37.7 Å². The molecule has 8 heteroatoms. The van der Waals surface area contributed by atoms with Gasteiger partial charge < -0.3 is 20.7 Å². The van der Waals surface area contributed by atoms with Gasteiger partial charge in [0.1, 0.15) is 5.60 Å². The van der Waals surface area contributed by atoms with E-state index in [0.29, 0.717) is 19.0 Å². The number of amides is 1. The van der Waals surface area contributed by atoms with Crippen LogP contribution in [0.3, 0.4) is 0 Å². The zero-order valence-corrected chi connectivity index (χ0v) is 17.0. The van der Waals surface area contributed by atoms with E-state index in [1.54, 1.807) is 13.2 Å². The number of benzene rings is 1. The van der Waals surface area contributed by atoms with Crippen molar-refractivity contribution in [3.05, 3.63) is 48.3 Å². The summed E-state index contributed by atoms with van der Waals surface area (Å²) in [7, 11) is 1.72. The fourth-order valence-electron chi connectivity index (χ4n) is 2.44. The topological polar surface area (TPSA) is 92.6 Å². The Balaban J connectivity index is 1.65. The minimum absolute atomic E-state index is 0.421. The first-order valence-corrected chi connectivity index (χ1v) is 9.38. The van der Waals surface area contributed by atoms with Crippen molar-refractivity contribution in [2.24, 2.45) is 4.99 Å². The molecule has 0 saturated carbocycles. The van der Waals surface area contributed by atoms with E-state index < -0.39 is 11.7 Å². The molecule has 0 fully saturated rings. The molecule has 0 aliphatic heterocycles. The van der Waals surface area contributed by atoms with Crippen LogP contribution < -0.4 is 16.0 Å². The van der Waals surface area contributed by atoms with Gasteiger partial charge in [0.05, 0.1) is 5.69 Å². The molecule has 0 spiro atoms. The van der Waals surface area contributed by atoms with Gasteiger partial charge in [-0.2, -0.15) is 5.10 Å². The van der Waals surface area contributed by atoms with Crippen LogP contribution in [0.1, 0.15) is 26.3 Å². The minimum atomic E-state index is -0.494. The number of guanidine groups is 1. The van der Waals surface area contributed by atoms with Gasteiger partial charge in [-0.1, -0.05) is 12.1 Å². The number of carbonyl (C=O) groups is 1. The largest absolute Gasteiger partial charge is 0.444 e. The Bertz CT molecular complexity index is 748. The van der Waals surface area contributed by atoms with E-state index in [9.17, 15) is 4.79 Å². The lowest BCUT2D eigenvalue weighted by atomic mass is 10.1. The average Bonchev–Trinajstić information content (AvgIpc) is 3.17. The van der Waals surface area contributed by atoms with Crippen LogP contribution in [0, 0.1) is 0 Å². The Labute approximate surface area is 166 Å². The van der Waals surface area contributed by atoms with E-state index in [2.05, 4.69) is 50.3 Å². The number of nitrogens with one attached hydrogen (secondary N) is 3. The summed E-state index contributed by atoms with van der Waals surface area (Å²) >= 11 is 0. The molecule has 0 unspecified atom stereocenters. The van der Waals surface area contributed by atoms with Crippen molar-refractivity contribution < 1.29 is 9.53 Å². The van der Waals surface area contributed by atoms with Crippen LogP contribution in [-0.4, -0.2) is 54.1 Å². The van der Waals surface area contributed by atoms with E-state index in [-0.39, 0.29) is 0 Å². The number of ether oxygens (including phenoxy) is 1. The SMILES string of the molecule is CN=C(NCCNC(=O)OC(C)(C)C)NCCc1ccc(-n2cccn2)cc1. The lowest BCUT2D eigenvalue weighted by molar-refractivity contribution is 0.0529. The second-order valence-electron chi connectivity index (χ2n) is 7.22. The van der Waals surface area contributed by atoms with Gasteiger partial charge >= 0.3 is 6.09 Å². The van der Waals surface area contributed by atoms with Crippen molar-refractivity contribution in [1.82, 2.24) is 25.7 Å². The van der Waals surface area contributed by atoms with Crippen LogP contribution in [0.5, 0.6) is 0 Å². The summed E-state index contributed by atoms with van der Waals surface area (Å²) in [5, 5.41) is 13.3. The zero-order valence-electron chi connectivity index (χ0n) is 17.0. The highest BCUT2D eigenvalue weighted by Crippen LogP contribution is 2.09. The van der Waals surface area contributed by atoms with Gasteiger partial charge in [-0.15, -0.1) is 0 Å². The highest BCUT2D eigenvalue weighted by Gasteiger charge is 2.15. The summed E-state index contributed by atoms with van der Waals surface area (Å²) in [5.74, 6) is 0.694. The summed E-state index contributed by atoms with van der Waals surface area (Å²) in [4.78, 5) is 15.8. The molecule has 0 aliphatic rings. The quantitative estimate of drug-likeness (QED) is 0.385.